The number of aromatic nitrogens is 1. The van der Waals surface area contributed by atoms with Gasteiger partial charge in [0.1, 0.15) is 6.73 Å². The van der Waals surface area contributed by atoms with Crippen LogP contribution in [0.25, 0.3) is 0 Å². The predicted molar refractivity (Wildman–Crippen MR) is 57.8 cm³/mol. The number of hydrogen-bond acceptors (Lipinski definition) is 2. The average Bonchev–Trinajstić information content (AvgIpc) is 2.61. The molecule has 3 nitrogen and oxygen atoms in total. The lowest BCUT2D eigenvalue weighted by Crippen LogP contribution is -2.16. The summed E-state index contributed by atoms with van der Waals surface area (Å²) in [6.07, 6.45) is 4.06. The van der Waals surface area contributed by atoms with Crippen LogP contribution < -0.4 is 5.73 Å². The molecular weight excluding hydrogens is 176 g/mol. The van der Waals surface area contributed by atoms with E-state index >= 15 is 0 Å². The zero-order valence-electron chi connectivity index (χ0n) is 9.23. The Labute approximate surface area is 85.9 Å². The highest BCUT2D eigenvalue weighted by molar-refractivity contribution is 5.15. The number of nitrogens with zero attached hydrogens (tertiary/aromatic N) is 1. The summed E-state index contributed by atoms with van der Waals surface area (Å²) in [5, 5.41) is 0. The van der Waals surface area contributed by atoms with Crippen LogP contribution in [0.3, 0.4) is 0 Å². The standard InChI is InChI=1S/C11H20N2O/c1-4-14-8-13-6-5-10(7-13)11(12)9(2)3/h5-7,9,11H,4,8,12H2,1-3H3. The minimum Gasteiger partial charge on any atom is -0.361 e. The molecule has 0 fully saturated rings. The lowest BCUT2D eigenvalue weighted by Gasteiger charge is -2.13. The first-order chi connectivity index (χ1) is 6.65. The molecule has 1 atom stereocenters. The minimum atomic E-state index is 0.123. The third kappa shape index (κ3) is 2.86. The van der Waals surface area contributed by atoms with E-state index in [-0.39, 0.29) is 6.04 Å². The summed E-state index contributed by atoms with van der Waals surface area (Å²) in [6, 6.07) is 2.18. The van der Waals surface area contributed by atoms with E-state index in [4.69, 9.17) is 10.5 Å². The van der Waals surface area contributed by atoms with Gasteiger partial charge in [0.25, 0.3) is 0 Å². The molecule has 14 heavy (non-hydrogen) atoms. The van der Waals surface area contributed by atoms with Crippen LogP contribution in [-0.2, 0) is 11.5 Å². The van der Waals surface area contributed by atoms with Crippen LogP contribution in [0.15, 0.2) is 18.5 Å². The molecule has 0 bridgehead atoms. The molecule has 0 radical (unpaired) electrons. The fourth-order valence-corrected chi connectivity index (χ4v) is 1.32. The van der Waals surface area contributed by atoms with E-state index in [1.54, 1.807) is 0 Å². The largest absolute Gasteiger partial charge is 0.361 e. The zero-order chi connectivity index (χ0) is 10.6. The van der Waals surface area contributed by atoms with E-state index in [9.17, 15) is 0 Å². The molecule has 0 aliphatic carbocycles. The predicted octanol–water partition coefficient (Wildman–Crippen LogP) is 2.14. The van der Waals surface area contributed by atoms with Crippen LogP contribution in [0.5, 0.6) is 0 Å². The van der Waals surface area contributed by atoms with Gasteiger partial charge >= 0.3 is 0 Å². The van der Waals surface area contributed by atoms with Gasteiger partial charge in [0.2, 0.25) is 0 Å². The SMILES string of the molecule is CCOCn1ccc(C(N)C(C)C)c1. The van der Waals surface area contributed by atoms with Crippen LogP contribution >= 0.6 is 0 Å². The second-order valence-electron chi connectivity index (χ2n) is 3.85. The topological polar surface area (TPSA) is 40.2 Å². The summed E-state index contributed by atoms with van der Waals surface area (Å²) in [4.78, 5) is 0. The van der Waals surface area contributed by atoms with Crippen molar-refractivity contribution < 1.29 is 4.74 Å². The Balaban J connectivity index is 2.58. The number of ether oxygens (including phenoxy) is 1. The molecule has 1 aromatic heterocycles. The average molecular weight is 196 g/mol. The molecule has 0 saturated carbocycles. The molecule has 0 aliphatic rings. The molecule has 2 N–H and O–H groups in total. The Hall–Kier alpha value is -0.800. The molecule has 0 saturated heterocycles. The van der Waals surface area contributed by atoms with Crippen molar-refractivity contribution in [3.8, 4) is 0 Å². The monoisotopic (exact) mass is 196 g/mol. The quantitative estimate of drug-likeness (QED) is 0.783. The second kappa shape index (κ2) is 5.17. The second-order valence-corrected chi connectivity index (χ2v) is 3.85. The Morgan fingerprint density at radius 3 is 2.79 bits per heavy atom. The van der Waals surface area contributed by atoms with Crippen LogP contribution in [0.4, 0.5) is 0 Å². The Morgan fingerprint density at radius 2 is 2.21 bits per heavy atom. The van der Waals surface area contributed by atoms with Crippen molar-refractivity contribution in [3.63, 3.8) is 0 Å². The molecule has 1 rings (SSSR count). The van der Waals surface area contributed by atoms with Gasteiger partial charge in [0.15, 0.2) is 0 Å². The summed E-state index contributed by atoms with van der Waals surface area (Å²) in [5.41, 5.74) is 7.21. The first-order valence-corrected chi connectivity index (χ1v) is 5.14. The van der Waals surface area contributed by atoms with Crippen LogP contribution in [0.2, 0.25) is 0 Å². The first-order valence-electron chi connectivity index (χ1n) is 5.14. The molecular formula is C11H20N2O. The Bertz CT molecular complexity index is 268. The van der Waals surface area contributed by atoms with E-state index < -0.39 is 0 Å². The van der Waals surface area contributed by atoms with Crippen LogP contribution in [0.1, 0.15) is 32.4 Å². The smallest absolute Gasteiger partial charge is 0.122 e. The molecule has 1 heterocycles. The van der Waals surface area contributed by atoms with Gasteiger partial charge in [0.05, 0.1) is 0 Å². The molecule has 80 valence electrons. The number of nitrogens with two attached hydrogens (primary N) is 1. The fraction of sp³-hybridized carbons (Fsp3) is 0.636. The highest BCUT2D eigenvalue weighted by Gasteiger charge is 2.11. The van der Waals surface area contributed by atoms with E-state index in [2.05, 4.69) is 26.1 Å². The Kier molecular flexibility index (Phi) is 4.17. The highest BCUT2D eigenvalue weighted by Crippen LogP contribution is 2.18. The minimum absolute atomic E-state index is 0.123. The summed E-state index contributed by atoms with van der Waals surface area (Å²) < 4.78 is 7.31. The van der Waals surface area contributed by atoms with Gasteiger partial charge in [-0.25, -0.2) is 0 Å². The summed E-state index contributed by atoms with van der Waals surface area (Å²) in [7, 11) is 0. The molecule has 1 aromatic rings. The van der Waals surface area contributed by atoms with Gasteiger partial charge in [-0.15, -0.1) is 0 Å². The van der Waals surface area contributed by atoms with Crippen molar-refractivity contribution in [1.29, 1.82) is 0 Å². The van der Waals surface area contributed by atoms with Gasteiger partial charge in [-0.1, -0.05) is 13.8 Å². The Morgan fingerprint density at radius 1 is 1.50 bits per heavy atom. The lowest BCUT2D eigenvalue weighted by molar-refractivity contribution is 0.0880. The van der Waals surface area contributed by atoms with E-state index in [0.29, 0.717) is 12.6 Å². The van der Waals surface area contributed by atoms with Gasteiger partial charge in [-0.05, 0) is 24.5 Å². The maximum Gasteiger partial charge on any atom is 0.122 e. The summed E-state index contributed by atoms with van der Waals surface area (Å²) in [6.45, 7) is 7.60. The maximum atomic E-state index is 6.03. The van der Waals surface area contributed by atoms with Crippen molar-refractivity contribution in [2.45, 2.75) is 33.5 Å². The highest BCUT2D eigenvalue weighted by atomic mass is 16.5. The summed E-state index contributed by atoms with van der Waals surface area (Å²) >= 11 is 0. The molecule has 0 amide bonds. The summed E-state index contributed by atoms with van der Waals surface area (Å²) in [5.74, 6) is 0.470. The van der Waals surface area contributed by atoms with E-state index in [0.717, 1.165) is 6.61 Å². The molecule has 3 heteroatoms. The van der Waals surface area contributed by atoms with Crippen LogP contribution in [-0.4, -0.2) is 11.2 Å². The van der Waals surface area contributed by atoms with Crippen LogP contribution in [0, 0.1) is 5.92 Å². The van der Waals surface area contributed by atoms with Crippen molar-refractivity contribution in [1.82, 2.24) is 4.57 Å². The van der Waals surface area contributed by atoms with E-state index in [1.807, 2.05) is 17.7 Å². The molecule has 0 aromatic carbocycles. The molecule has 0 aliphatic heterocycles. The zero-order valence-corrected chi connectivity index (χ0v) is 9.23. The first kappa shape index (κ1) is 11.3. The molecule has 1 unspecified atom stereocenters. The fourth-order valence-electron chi connectivity index (χ4n) is 1.32. The van der Waals surface area contributed by atoms with Gasteiger partial charge in [-0.2, -0.15) is 0 Å². The lowest BCUT2D eigenvalue weighted by atomic mass is 10.00. The van der Waals surface area contributed by atoms with Crippen molar-refractivity contribution in [2.75, 3.05) is 6.61 Å². The number of rotatable bonds is 5. The van der Waals surface area contributed by atoms with Gasteiger partial charge < -0.3 is 15.0 Å². The van der Waals surface area contributed by atoms with Crippen molar-refractivity contribution in [3.05, 3.63) is 24.0 Å². The number of hydrogen-bond donors (Lipinski definition) is 1. The normalized spacial score (nSPS) is 13.5. The molecule has 0 spiro atoms. The van der Waals surface area contributed by atoms with E-state index in [1.165, 1.54) is 5.56 Å². The maximum absolute atomic E-state index is 6.03. The third-order valence-corrected chi connectivity index (χ3v) is 2.32. The third-order valence-electron chi connectivity index (χ3n) is 2.32. The van der Waals surface area contributed by atoms with Crippen molar-refractivity contribution in [2.24, 2.45) is 11.7 Å². The van der Waals surface area contributed by atoms with Gasteiger partial charge in [-0.3, -0.25) is 0 Å². The van der Waals surface area contributed by atoms with Gasteiger partial charge in [0, 0.05) is 25.0 Å². The van der Waals surface area contributed by atoms with Crippen molar-refractivity contribution >= 4 is 0 Å².